The summed E-state index contributed by atoms with van der Waals surface area (Å²) in [4.78, 5) is 30.2. The van der Waals surface area contributed by atoms with Crippen molar-refractivity contribution in [1.29, 1.82) is 0 Å². The lowest BCUT2D eigenvalue weighted by Gasteiger charge is -2.44. The average molecular weight is 584 g/mol. The van der Waals surface area contributed by atoms with Crippen molar-refractivity contribution in [3.63, 3.8) is 0 Å². The quantitative estimate of drug-likeness (QED) is 0.387. The Morgan fingerprint density at radius 2 is 1.72 bits per heavy atom. The molecule has 13 heteroatoms. The number of carbonyl (C=O) groups is 2. The van der Waals surface area contributed by atoms with E-state index in [9.17, 15) is 14.7 Å². The lowest BCUT2D eigenvalue weighted by Crippen LogP contribution is -2.58. The number of anilines is 1. The Balaban J connectivity index is 2.25. The van der Waals surface area contributed by atoms with Gasteiger partial charge in [-0.3, -0.25) is 4.79 Å². The van der Waals surface area contributed by atoms with E-state index in [1.54, 1.807) is 0 Å². The third-order valence-electron chi connectivity index (χ3n) is 6.94. The molecule has 2 heterocycles. The Morgan fingerprint density at radius 1 is 1.14 bits per heavy atom. The first-order valence-electron chi connectivity index (χ1n) is 11.5. The highest BCUT2D eigenvalue weighted by Crippen LogP contribution is 2.45. The summed E-state index contributed by atoms with van der Waals surface area (Å²) in [6.45, 7) is 9.84. The van der Waals surface area contributed by atoms with Crippen molar-refractivity contribution in [3.8, 4) is 11.5 Å². The molecule has 1 N–H and O–H groups in total. The highest BCUT2D eigenvalue weighted by Gasteiger charge is 2.52. The van der Waals surface area contributed by atoms with Gasteiger partial charge < -0.3 is 28.6 Å². The second-order valence-corrected chi connectivity index (χ2v) is 17.7. The van der Waals surface area contributed by atoms with Crippen LogP contribution in [-0.4, -0.2) is 79.9 Å². The fourth-order valence-corrected chi connectivity index (χ4v) is 5.46. The Kier molecular flexibility index (Phi) is 8.40. The summed E-state index contributed by atoms with van der Waals surface area (Å²) >= 11 is 17.5. The van der Waals surface area contributed by atoms with E-state index in [-0.39, 0.29) is 35.2 Å². The second-order valence-electron chi connectivity index (χ2n) is 10.4. The van der Waals surface area contributed by atoms with Gasteiger partial charge in [-0.05, 0) is 30.6 Å². The Morgan fingerprint density at radius 3 is 2.25 bits per heavy atom. The van der Waals surface area contributed by atoms with E-state index >= 15 is 0 Å². The molecular formula is C23H33Cl3N2O7Si. The molecule has 1 fully saturated rings. The van der Waals surface area contributed by atoms with Gasteiger partial charge in [0.15, 0.2) is 26.0 Å². The van der Waals surface area contributed by atoms with E-state index < -0.39 is 43.2 Å². The molecule has 1 aromatic rings. The summed E-state index contributed by atoms with van der Waals surface area (Å²) < 4.78 is 21.2. The molecular weight excluding hydrogens is 551 g/mol. The van der Waals surface area contributed by atoms with Gasteiger partial charge in [-0.15, -0.1) is 0 Å². The average Bonchev–Trinajstić information content (AvgIpc) is 3.13. The molecule has 0 spiro atoms. The number of alkyl halides is 3. The zero-order valence-electron chi connectivity index (χ0n) is 21.4. The molecule has 36 heavy (non-hydrogen) atoms. The summed E-state index contributed by atoms with van der Waals surface area (Å²) in [6, 6.07) is 2.39. The van der Waals surface area contributed by atoms with Crippen LogP contribution in [0.4, 0.5) is 10.5 Å². The first-order chi connectivity index (χ1) is 16.5. The van der Waals surface area contributed by atoms with Gasteiger partial charge in [-0.2, -0.15) is 0 Å². The van der Waals surface area contributed by atoms with Gasteiger partial charge in [0, 0.05) is 12.6 Å². The number of methoxy groups -OCH3 is 2. The fourth-order valence-electron chi connectivity index (χ4n) is 4.07. The highest BCUT2D eigenvalue weighted by molar-refractivity contribution is 6.74. The monoisotopic (exact) mass is 582 g/mol. The second kappa shape index (κ2) is 10.4. The number of aliphatic hydroxyl groups is 1. The molecule has 202 valence electrons. The number of ether oxygens (including phenoxy) is 3. The normalized spacial score (nSPS) is 22.6. The van der Waals surface area contributed by atoms with Gasteiger partial charge in [-0.25, -0.2) is 9.69 Å². The van der Waals surface area contributed by atoms with Crippen LogP contribution in [0.2, 0.25) is 18.1 Å². The van der Waals surface area contributed by atoms with Crippen molar-refractivity contribution < 1.29 is 33.3 Å². The fraction of sp³-hybridized carbons (Fsp3) is 0.652. The summed E-state index contributed by atoms with van der Waals surface area (Å²) in [5.41, 5.74) is 0.374. The van der Waals surface area contributed by atoms with Gasteiger partial charge in [0.25, 0.3) is 5.91 Å². The predicted octanol–water partition coefficient (Wildman–Crippen LogP) is 4.95. The van der Waals surface area contributed by atoms with Gasteiger partial charge in [0.05, 0.1) is 37.6 Å². The van der Waals surface area contributed by atoms with Crippen molar-refractivity contribution >= 4 is 60.8 Å². The van der Waals surface area contributed by atoms with E-state index in [0.717, 1.165) is 0 Å². The molecule has 0 aliphatic carbocycles. The van der Waals surface area contributed by atoms with Gasteiger partial charge in [0.1, 0.15) is 6.61 Å². The van der Waals surface area contributed by atoms with E-state index in [4.69, 9.17) is 53.4 Å². The molecule has 0 radical (unpaired) electrons. The Bertz CT molecular complexity index is 1010. The van der Waals surface area contributed by atoms with Crippen LogP contribution in [0.3, 0.4) is 0 Å². The summed E-state index contributed by atoms with van der Waals surface area (Å²) in [7, 11) is 0.370. The summed E-state index contributed by atoms with van der Waals surface area (Å²) in [5, 5.41) is 10.3. The zero-order valence-corrected chi connectivity index (χ0v) is 24.7. The number of halogens is 3. The first-order valence-corrected chi connectivity index (χ1v) is 15.5. The molecule has 0 bridgehead atoms. The van der Waals surface area contributed by atoms with Crippen LogP contribution in [0.5, 0.6) is 11.5 Å². The van der Waals surface area contributed by atoms with Crippen LogP contribution in [0.25, 0.3) is 0 Å². The van der Waals surface area contributed by atoms with Crippen LogP contribution in [0.1, 0.15) is 37.6 Å². The lowest BCUT2D eigenvalue weighted by molar-refractivity contribution is 0.0523. The highest BCUT2D eigenvalue weighted by atomic mass is 35.6. The molecule has 2 aliphatic heterocycles. The number of benzene rings is 1. The standard InChI is InChI=1S/C23H33Cl3N2O7Si/c1-22(2,3)36(6,7)35-20-16-8-13(29)11-27(16)19(30)14-9-17(32-4)18(33-5)10-15(14)28(20)21(31)34-12-23(24,25)26/h9-10,13,16,20,29H,8,11-12H2,1-7H3/t13-,16+,20+/m1/s1. The molecule has 3 atom stereocenters. The minimum absolute atomic E-state index is 0.0890. The molecule has 2 amide bonds. The van der Waals surface area contributed by atoms with Crippen LogP contribution < -0.4 is 14.4 Å². The molecule has 0 unspecified atom stereocenters. The molecule has 0 aromatic heterocycles. The van der Waals surface area contributed by atoms with Crippen LogP contribution in [0.15, 0.2) is 12.1 Å². The molecule has 1 aromatic carbocycles. The number of aliphatic hydroxyl groups excluding tert-OH is 1. The van der Waals surface area contributed by atoms with E-state index in [1.165, 1.54) is 36.2 Å². The summed E-state index contributed by atoms with van der Waals surface area (Å²) in [5.74, 6) is 0.226. The largest absolute Gasteiger partial charge is 0.493 e. The van der Waals surface area contributed by atoms with Gasteiger partial charge in [0.2, 0.25) is 3.79 Å². The Labute approximate surface area is 227 Å². The van der Waals surface area contributed by atoms with Crippen molar-refractivity contribution in [1.82, 2.24) is 4.90 Å². The predicted molar refractivity (Wildman–Crippen MR) is 141 cm³/mol. The molecule has 3 rings (SSSR count). The maximum Gasteiger partial charge on any atom is 0.416 e. The van der Waals surface area contributed by atoms with E-state index in [0.29, 0.717) is 11.5 Å². The van der Waals surface area contributed by atoms with Crippen LogP contribution >= 0.6 is 34.8 Å². The maximum absolute atomic E-state index is 13.8. The molecule has 1 saturated heterocycles. The molecule has 0 saturated carbocycles. The zero-order chi connectivity index (χ0) is 27.2. The maximum atomic E-state index is 13.8. The van der Waals surface area contributed by atoms with Crippen LogP contribution in [0, 0.1) is 0 Å². The number of fused-ring (bicyclic) bond motifs is 2. The van der Waals surface area contributed by atoms with Crippen molar-refractivity contribution in [2.75, 3.05) is 32.3 Å². The van der Waals surface area contributed by atoms with Crippen molar-refractivity contribution in [2.24, 2.45) is 0 Å². The number of carbonyl (C=O) groups excluding carboxylic acids is 2. The summed E-state index contributed by atoms with van der Waals surface area (Å²) in [6.07, 6.45) is -2.42. The van der Waals surface area contributed by atoms with E-state index in [1.807, 2.05) is 13.1 Å². The minimum atomic E-state index is -2.53. The van der Waals surface area contributed by atoms with Crippen molar-refractivity contribution in [2.45, 2.75) is 67.5 Å². The SMILES string of the molecule is COc1cc2c(cc1OC)N(C(=O)OCC(Cl)(Cl)Cl)[C@@H](O[Si](C)(C)C(C)(C)C)[C@@H]1C[C@@H](O)CN1C2=O. The number of hydrogen-bond donors (Lipinski definition) is 1. The third kappa shape index (κ3) is 5.84. The number of amides is 2. The van der Waals surface area contributed by atoms with Gasteiger partial charge in [-0.1, -0.05) is 55.6 Å². The number of nitrogens with zero attached hydrogens (tertiary/aromatic N) is 2. The number of hydrogen-bond acceptors (Lipinski definition) is 7. The van der Waals surface area contributed by atoms with Crippen molar-refractivity contribution in [3.05, 3.63) is 17.7 Å². The molecule has 2 aliphatic rings. The first kappa shape index (κ1) is 29.1. The minimum Gasteiger partial charge on any atom is -0.493 e. The Hall–Kier alpha value is -1.43. The van der Waals surface area contributed by atoms with E-state index in [2.05, 4.69) is 20.8 Å². The lowest BCUT2D eigenvalue weighted by atomic mass is 10.1. The van der Waals surface area contributed by atoms with Crippen LogP contribution in [-0.2, 0) is 9.16 Å². The third-order valence-corrected chi connectivity index (χ3v) is 11.7. The topological polar surface area (TPSA) is 97.8 Å². The smallest absolute Gasteiger partial charge is 0.416 e. The van der Waals surface area contributed by atoms with Gasteiger partial charge >= 0.3 is 6.09 Å². The number of rotatable bonds is 5. The molecule has 9 nitrogen and oxygen atoms in total.